The molecule has 7 heteroatoms. The Morgan fingerprint density at radius 3 is 2.88 bits per heavy atom. The van der Waals surface area contributed by atoms with Crippen LogP contribution in [0, 0.1) is 11.3 Å². The largest absolute Gasteiger partial charge is 0.463 e. The van der Waals surface area contributed by atoms with Crippen LogP contribution >= 0.6 is 11.6 Å². The summed E-state index contributed by atoms with van der Waals surface area (Å²) >= 11 is 5.93. The van der Waals surface area contributed by atoms with Gasteiger partial charge in [-0.15, -0.1) is 0 Å². The molecule has 0 spiro atoms. The van der Waals surface area contributed by atoms with Gasteiger partial charge in [-0.05, 0) is 36.9 Å². The molecule has 2 heterocycles. The van der Waals surface area contributed by atoms with Crippen LogP contribution in [-0.2, 0) is 14.3 Å². The van der Waals surface area contributed by atoms with Gasteiger partial charge in [0, 0.05) is 11.6 Å². The molecule has 1 aromatic heterocycles. The van der Waals surface area contributed by atoms with Crippen LogP contribution in [-0.4, -0.2) is 17.6 Å². The fraction of sp³-hybridized carbons (Fsp3) is 0.211. The van der Waals surface area contributed by atoms with Crippen molar-refractivity contribution in [1.29, 1.82) is 5.26 Å². The monoisotopic (exact) mass is 369 g/mol. The minimum atomic E-state index is -0.673. The van der Waals surface area contributed by atoms with E-state index in [4.69, 9.17) is 26.8 Å². The summed E-state index contributed by atoms with van der Waals surface area (Å²) in [7, 11) is 0. The van der Waals surface area contributed by atoms with Gasteiger partial charge in [0.25, 0.3) is 0 Å². The van der Waals surface area contributed by atoms with Crippen molar-refractivity contribution in [2.75, 3.05) is 6.61 Å². The molecule has 1 unspecified atom stereocenters. The highest BCUT2D eigenvalue weighted by Crippen LogP contribution is 2.40. The van der Waals surface area contributed by atoms with Gasteiger partial charge in [-0.2, -0.15) is 5.26 Å². The number of benzene rings is 1. The van der Waals surface area contributed by atoms with E-state index in [2.05, 4.69) is 11.1 Å². The van der Waals surface area contributed by atoms with E-state index < -0.39 is 11.9 Å². The summed E-state index contributed by atoms with van der Waals surface area (Å²) in [5.41, 5.74) is 7.04. The lowest BCUT2D eigenvalue weighted by Gasteiger charge is -2.27. The molecule has 2 aromatic rings. The van der Waals surface area contributed by atoms with Crippen LogP contribution in [0.4, 0.5) is 0 Å². The molecule has 6 nitrogen and oxygen atoms in total. The number of nitriles is 1. The van der Waals surface area contributed by atoms with E-state index in [0.29, 0.717) is 16.5 Å². The third-order valence-corrected chi connectivity index (χ3v) is 4.35. The minimum absolute atomic E-state index is 0.0163. The topological polar surface area (TPSA) is 98.2 Å². The number of rotatable bonds is 3. The maximum atomic E-state index is 12.5. The highest BCUT2D eigenvalue weighted by atomic mass is 35.5. The number of carbonyl (C=O) groups is 1. The van der Waals surface area contributed by atoms with E-state index in [1.165, 1.54) is 0 Å². The van der Waals surface area contributed by atoms with Crippen molar-refractivity contribution in [1.82, 2.24) is 4.98 Å². The lowest BCUT2D eigenvalue weighted by atomic mass is 9.82. The summed E-state index contributed by atoms with van der Waals surface area (Å²) in [4.78, 5) is 16.6. The van der Waals surface area contributed by atoms with E-state index in [1.807, 2.05) is 18.2 Å². The van der Waals surface area contributed by atoms with Crippen molar-refractivity contribution in [3.63, 3.8) is 0 Å². The fourth-order valence-electron chi connectivity index (χ4n) is 3.00. The van der Waals surface area contributed by atoms with Crippen molar-refractivity contribution >= 4 is 28.3 Å². The first-order valence-electron chi connectivity index (χ1n) is 7.97. The second-order valence-corrected chi connectivity index (χ2v) is 6.12. The van der Waals surface area contributed by atoms with Gasteiger partial charge >= 0.3 is 5.97 Å². The van der Waals surface area contributed by atoms with Crippen molar-refractivity contribution in [3.8, 4) is 6.07 Å². The van der Waals surface area contributed by atoms with E-state index in [9.17, 15) is 10.1 Å². The number of nitrogens with zero attached hydrogens (tertiary/aromatic N) is 2. The van der Waals surface area contributed by atoms with Crippen molar-refractivity contribution < 1.29 is 14.3 Å². The number of carbonyl (C=O) groups excluding carboxylic acids is 1. The normalized spacial score (nSPS) is 17.1. The second-order valence-electron chi connectivity index (χ2n) is 5.73. The van der Waals surface area contributed by atoms with Crippen LogP contribution in [0.1, 0.15) is 25.3 Å². The third-order valence-electron chi connectivity index (χ3n) is 4.15. The average molecular weight is 370 g/mol. The summed E-state index contributed by atoms with van der Waals surface area (Å²) in [5.74, 6) is -0.908. The highest BCUT2D eigenvalue weighted by Gasteiger charge is 2.36. The molecule has 1 aliphatic rings. The molecule has 132 valence electrons. The molecule has 2 N–H and O–H groups in total. The van der Waals surface area contributed by atoms with Gasteiger partial charge in [0.2, 0.25) is 5.88 Å². The van der Waals surface area contributed by atoms with Crippen LogP contribution in [0.5, 0.6) is 0 Å². The number of nitrogens with two attached hydrogens (primary N) is 1. The number of hydrogen-bond donors (Lipinski definition) is 1. The maximum absolute atomic E-state index is 12.5. The van der Waals surface area contributed by atoms with Crippen LogP contribution < -0.4 is 5.73 Å². The Morgan fingerprint density at radius 1 is 1.42 bits per heavy atom. The zero-order valence-electron chi connectivity index (χ0n) is 14.2. The standard InChI is InChI=1S/C19H16ClN3O3/c1-3-25-19(24)16-10(2)26-18(22)14(8-21)17(16)12-5-4-11-7-15(20)23-9-13(11)6-12/h4-7,9,17H,3,22H2,1-2H3. The molecule has 0 amide bonds. The molecule has 1 aromatic carbocycles. The Labute approximate surface area is 155 Å². The third kappa shape index (κ3) is 3.09. The van der Waals surface area contributed by atoms with Gasteiger partial charge < -0.3 is 15.2 Å². The zero-order chi connectivity index (χ0) is 18.8. The smallest absolute Gasteiger partial charge is 0.338 e. The summed E-state index contributed by atoms with van der Waals surface area (Å²) in [6.07, 6.45) is 1.64. The van der Waals surface area contributed by atoms with Crippen LogP contribution in [0.25, 0.3) is 10.8 Å². The number of halogens is 1. The summed E-state index contributed by atoms with van der Waals surface area (Å²) in [5, 5.41) is 11.7. The molecule has 0 aliphatic carbocycles. The van der Waals surface area contributed by atoms with Crippen molar-refractivity contribution in [2.24, 2.45) is 5.73 Å². The lowest BCUT2D eigenvalue weighted by molar-refractivity contribution is -0.139. The Bertz CT molecular complexity index is 1000. The van der Waals surface area contributed by atoms with E-state index in [0.717, 1.165) is 10.8 Å². The molecule has 1 atom stereocenters. The van der Waals surface area contributed by atoms with Crippen molar-refractivity contribution in [3.05, 3.63) is 64.0 Å². The second kappa shape index (κ2) is 7.06. The number of aromatic nitrogens is 1. The van der Waals surface area contributed by atoms with Gasteiger partial charge in [0.1, 0.15) is 22.6 Å². The number of pyridine rings is 1. The summed E-state index contributed by atoms with van der Waals surface area (Å²) in [6.45, 7) is 3.56. The molecule has 0 saturated carbocycles. The Kier molecular flexibility index (Phi) is 4.83. The van der Waals surface area contributed by atoms with Crippen LogP contribution in [0.2, 0.25) is 5.15 Å². The fourth-order valence-corrected chi connectivity index (χ4v) is 3.17. The molecular formula is C19H16ClN3O3. The van der Waals surface area contributed by atoms with Crippen LogP contribution in [0.15, 0.2) is 53.3 Å². The predicted molar refractivity (Wildman–Crippen MR) is 96.7 cm³/mol. The SMILES string of the molecule is CCOC(=O)C1=C(C)OC(N)=C(C#N)C1c1ccc2cc(Cl)ncc2c1. The first kappa shape index (κ1) is 17.8. The zero-order valence-corrected chi connectivity index (χ0v) is 15.0. The van der Waals surface area contributed by atoms with Gasteiger partial charge in [0.15, 0.2) is 0 Å². The van der Waals surface area contributed by atoms with Gasteiger partial charge in [0.05, 0.1) is 18.1 Å². The summed E-state index contributed by atoms with van der Waals surface area (Å²) < 4.78 is 10.6. The number of ether oxygens (including phenoxy) is 2. The van der Waals surface area contributed by atoms with Crippen LogP contribution in [0.3, 0.4) is 0 Å². The number of allylic oxidation sites excluding steroid dienone is 2. The quantitative estimate of drug-likeness (QED) is 0.656. The van der Waals surface area contributed by atoms with Gasteiger partial charge in [-0.3, -0.25) is 0 Å². The first-order chi connectivity index (χ1) is 12.5. The molecule has 0 fully saturated rings. The van der Waals surface area contributed by atoms with E-state index in [-0.39, 0.29) is 23.6 Å². The highest BCUT2D eigenvalue weighted by molar-refractivity contribution is 6.30. The maximum Gasteiger partial charge on any atom is 0.338 e. The molecule has 0 radical (unpaired) electrons. The van der Waals surface area contributed by atoms with Gasteiger partial charge in [-0.1, -0.05) is 23.7 Å². The lowest BCUT2D eigenvalue weighted by Crippen LogP contribution is -2.25. The van der Waals surface area contributed by atoms with Crippen molar-refractivity contribution in [2.45, 2.75) is 19.8 Å². The Hall–Kier alpha value is -3.04. The average Bonchev–Trinajstić information content (AvgIpc) is 2.60. The van der Waals surface area contributed by atoms with Gasteiger partial charge in [-0.25, -0.2) is 9.78 Å². The molecule has 1 aliphatic heterocycles. The molecular weight excluding hydrogens is 354 g/mol. The summed E-state index contributed by atoms with van der Waals surface area (Å²) in [6, 6.07) is 9.34. The first-order valence-corrected chi connectivity index (χ1v) is 8.34. The molecule has 3 rings (SSSR count). The van der Waals surface area contributed by atoms with E-state index >= 15 is 0 Å². The predicted octanol–water partition coefficient (Wildman–Crippen LogP) is 3.53. The number of esters is 1. The minimum Gasteiger partial charge on any atom is -0.463 e. The van der Waals surface area contributed by atoms with E-state index in [1.54, 1.807) is 26.1 Å². The number of fused-ring (bicyclic) bond motifs is 1. The molecule has 0 saturated heterocycles. The molecule has 26 heavy (non-hydrogen) atoms. The Morgan fingerprint density at radius 2 is 2.19 bits per heavy atom. The molecule has 0 bridgehead atoms. The Balaban J connectivity index is 2.19. The number of hydrogen-bond acceptors (Lipinski definition) is 6.